The average Bonchev–Trinajstić information content (AvgIpc) is 2.20. The van der Waals surface area contributed by atoms with E-state index in [9.17, 15) is 4.79 Å². The Morgan fingerprint density at radius 3 is 2.00 bits per heavy atom. The fourth-order valence-electron chi connectivity index (χ4n) is 1.68. The molecule has 3 heteroatoms. The molecule has 0 atom stereocenters. The zero-order valence-electron chi connectivity index (χ0n) is 10.9. The average molecular weight is 230 g/mol. The Bertz CT molecular complexity index is 182. The largest absolute Gasteiger partial charge is 0.342 e. The molecule has 0 saturated heterocycles. The van der Waals surface area contributed by atoms with Crippen LogP contribution in [0.25, 0.3) is 0 Å². The van der Waals surface area contributed by atoms with Crippen LogP contribution < -0.4 is 0 Å². The molecule has 0 rings (SSSR count). The monoisotopic (exact) mass is 230 g/mol. The maximum atomic E-state index is 10.6. The summed E-state index contributed by atoms with van der Waals surface area (Å²) in [4.78, 5) is 14.2. The van der Waals surface area contributed by atoms with E-state index in [1.807, 2.05) is 0 Å². The van der Waals surface area contributed by atoms with Gasteiger partial charge in [-0.1, -0.05) is 52.9 Å². The van der Waals surface area contributed by atoms with E-state index in [0.29, 0.717) is 11.8 Å². The molecule has 0 saturated carbocycles. The Kier molecular flexibility index (Phi) is 8.26. The molecule has 0 aromatic heterocycles. The molecule has 0 bridgehead atoms. The van der Waals surface area contributed by atoms with Crippen molar-refractivity contribution in [1.82, 2.24) is 0 Å². The van der Waals surface area contributed by atoms with Crippen LogP contribution in [0.1, 0.15) is 72.1 Å². The quantitative estimate of drug-likeness (QED) is 0.387. The standard InChI is InChI=1S/C13H26O3/c1-13(2,3)11-9-7-5-4-6-8-10-12(14)16-15/h15H,4-11H2,1-3H3. The molecule has 3 nitrogen and oxygen atoms in total. The van der Waals surface area contributed by atoms with Gasteiger partial charge in [0.05, 0.1) is 0 Å². The lowest BCUT2D eigenvalue weighted by molar-refractivity contribution is -0.234. The molecule has 0 heterocycles. The lowest BCUT2D eigenvalue weighted by Crippen LogP contribution is -2.03. The highest BCUT2D eigenvalue weighted by Gasteiger charge is 2.08. The maximum Gasteiger partial charge on any atom is 0.342 e. The van der Waals surface area contributed by atoms with Gasteiger partial charge in [-0.3, -0.25) is 0 Å². The Morgan fingerprint density at radius 1 is 1.00 bits per heavy atom. The highest BCUT2D eigenvalue weighted by atomic mass is 17.1. The first kappa shape index (κ1) is 15.4. The second-order valence-electron chi connectivity index (χ2n) is 5.65. The molecule has 0 radical (unpaired) electrons. The number of carbonyl (C=O) groups excluding carboxylic acids is 1. The number of carbonyl (C=O) groups is 1. The van der Waals surface area contributed by atoms with Crippen molar-refractivity contribution in [1.29, 1.82) is 0 Å². The Labute approximate surface area is 99.1 Å². The van der Waals surface area contributed by atoms with Gasteiger partial charge in [0.25, 0.3) is 0 Å². The van der Waals surface area contributed by atoms with Crippen molar-refractivity contribution in [3.05, 3.63) is 0 Å². The number of hydrogen-bond acceptors (Lipinski definition) is 3. The normalized spacial score (nSPS) is 11.5. The molecule has 0 spiro atoms. The smallest absolute Gasteiger partial charge is 0.301 e. The molecule has 0 aliphatic rings. The van der Waals surface area contributed by atoms with E-state index in [-0.39, 0.29) is 0 Å². The molecule has 16 heavy (non-hydrogen) atoms. The summed E-state index contributed by atoms with van der Waals surface area (Å²) >= 11 is 0. The van der Waals surface area contributed by atoms with Crippen LogP contribution in [0.2, 0.25) is 0 Å². The molecule has 1 N–H and O–H groups in total. The van der Waals surface area contributed by atoms with Crippen molar-refractivity contribution in [2.75, 3.05) is 0 Å². The summed E-state index contributed by atoms with van der Waals surface area (Å²) in [6.07, 6.45) is 8.46. The van der Waals surface area contributed by atoms with E-state index in [1.165, 1.54) is 32.1 Å². The van der Waals surface area contributed by atoms with Gasteiger partial charge in [-0.15, -0.1) is 0 Å². The van der Waals surface area contributed by atoms with E-state index in [4.69, 9.17) is 5.26 Å². The lowest BCUT2D eigenvalue weighted by Gasteiger charge is -2.17. The SMILES string of the molecule is CC(C)(C)CCCCCCCCC(=O)OO. The van der Waals surface area contributed by atoms with Gasteiger partial charge in [0.2, 0.25) is 0 Å². The molecule has 0 aromatic rings. The molecule has 0 fully saturated rings. The summed E-state index contributed by atoms with van der Waals surface area (Å²) in [7, 11) is 0. The van der Waals surface area contributed by atoms with Crippen LogP contribution in [0, 0.1) is 5.41 Å². The van der Waals surface area contributed by atoms with Crippen molar-refractivity contribution in [3.8, 4) is 0 Å². The van der Waals surface area contributed by atoms with E-state index in [0.717, 1.165) is 12.8 Å². The number of hydrogen-bond donors (Lipinski definition) is 1. The van der Waals surface area contributed by atoms with Gasteiger partial charge in [0, 0.05) is 6.42 Å². The summed E-state index contributed by atoms with van der Waals surface area (Å²) < 4.78 is 0. The third-order valence-corrected chi connectivity index (χ3v) is 2.66. The Balaban J connectivity index is 3.13. The highest BCUT2D eigenvalue weighted by Crippen LogP contribution is 2.22. The number of unbranched alkanes of at least 4 members (excludes halogenated alkanes) is 5. The van der Waals surface area contributed by atoms with Crippen LogP contribution in [0.5, 0.6) is 0 Å². The minimum Gasteiger partial charge on any atom is -0.301 e. The van der Waals surface area contributed by atoms with Gasteiger partial charge in [-0.05, 0) is 18.3 Å². The van der Waals surface area contributed by atoms with Gasteiger partial charge in [0.15, 0.2) is 0 Å². The first-order valence-electron chi connectivity index (χ1n) is 6.30. The topological polar surface area (TPSA) is 46.5 Å². The lowest BCUT2D eigenvalue weighted by atomic mass is 9.89. The van der Waals surface area contributed by atoms with Gasteiger partial charge in [-0.2, -0.15) is 5.26 Å². The van der Waals surface area contributed by atoms with Crippen molar-refractivity contribution < 1.29 is 14.9 Å². The minimum absolute atomic E-state index is 0.332. The van der Waals surface area contributed by atoms with Crippen molar-refractivity contribution in [2.24, 2.45) is 5.41 Å². The predicted molar refractivity (Wildman–Crippen MR) is 65.1 cm³/mol. The van der Waals surface area contributed by atoms with Crippen LogP contribution >= 0.6 is 0 Å². The molecular formula is C13H26O3. The fourth-order valence-corrected chi connectivity index (χ4v) is 1.68. The van der Waals surface area contributed by atoms with Gasteiger partial charge >= 0.3 is 5.97 Å². The first-order chi connectivity index (χ1) is 7.45. The molecule has 0 unspecified atom stereocenters. The zero-order chi connectivity index (χ0) is 12.4. The third-order valence-electron chi connectivity index (χ3n) is 2.66. The molecule has 0 aliphatic heterocycles. The van der Waals surface area contributed by atoms with Gasteiger partial charge in [-0.25, -0.2) is 4.79 Å². The van der Waals surface area contributed by atoms with E-state index in [1.54, 1.807) is 0 Å². The predicted octanol–water partition coefficient (Wildman–Crippen LogP) is 4.17. The highest BCUT2D eigenvalue weighted by molar-refractivity contribution is 5.68. The Morgan fingerprint density at radius 2 is 1.50 bits per heavy atom. The van der Waals surface area contributed by atoms with Crippen molar-refractivity contribution >= 4 is 5.97 Å². The van der Waals surface area contributed by atoms with Gasteiger partial charge in [0.1, 0.15) is 0 Å². The van der Waals surface area contributed by atoms with Gasteiger partial charge < -0.3 is 4.89 Å². The van der Waals surface area contributed by atoms with E-state index >= 15 is 0 Å². The summed E-state index contributed by atoms with van der Waals surface area (Å²) in [5, 5.41) is 8.03. The summed E-state index contributed by atoms with van der Waals surface area (Å²) in [5.41, 5.74) is 0.449. The Hall–Kier alpha value is -0.570. The molecule has 0 aromatic carbocycles. The summed E-state index contributed by atoms with van der Waals surface area (Å²) in [5.74, 6) is -0.521. The fraction of sp³-hybridized carbons (Fsp3) is 0.923. The van der Waals surface area contributed by atoms with E-state index < -0.39 is 5.97 Å². The molecule has 96 valence electrons. The second kappa shape index (κ2) is 8.57. The third kappa shape index (κ3) is 11.5. The summed E-state index contributed by atoms with van der Waals surface area (Å²) in [6.45, 7) is 6.81. The molecule has 0 aliphatic carbocycles. The van der Waals surface area contributed by atoms with Crippen LogP contribution in [0.3, 0.4) is 0 Å². The summed E-state index contributed by atoms with van der Waals surface area (Å²) in [6, 6.07) is 0. The maximum absolute atomic E-state index is 10.6. The van der Waals surface area contributed by atoms with Crippen molar-refractivity contribution in [2.45, 2.75) is 72.1 Å². The van der Waals surface area contributed by atoms with Crippen LogP contribution in [0.15, 0.2) is 0 Å². The minimum atomic E-state index is -0.521. The molecule has 0 amide bonds. The second-order valence-corrected chi connectivity index (χ2v) is 5.65. The van der Waals surface area contributed by atoms with E-state index in [2.05, 4.69) is 25.7 Å². The van der Waals surface area contributed by atoms with Crippen LogP contribution in [-0.4, -0.2) is 11.2 Å². The zero-order valence-corrected chi connectivity index (χ0v) is 10.9. The molecular weight excluding hydrogens is 204 g/mol. The first-order valence-corrected chi connectivity index (χ1v) is 6.30. The van der Waals surface area contributed by atoms with Crippen LogP contribution in [0.4, 0.5) is 0 Å². The number of rotatable bonds is 8. The van der Waals surface area contributed by atoms with Crippen LogP contribution in [-0.2, 0) is 9.68 Å². The van der Waals surface area contributed by atoms with Crippen molar-refractivity contribution in [3.63, 3.8) is 0 Å².